The summed E-state index contributed by atoms with van der Waals surface area (Å²) in [5.41, 5.74) is 1.07. The first-order valence-electron chi connectivity index (χ1n) is 6.23. The van der Waals surface area contributed by atoms with E-state index in [1.54, 1.807) is 0 Å². The lowest BCUT2D eigenvalue weighted by Crippen LogP contribution is -2.30. The van der Waals surface area contributed by atoms with Crippen LogP contribution < -0.4 is 0 Å². The molecular weight excluding hydrogens is 210 g/mol. The molecule has 17 heavy (non-hydrogen) atoms. The minimum atomic E-state index is -0.179. The maximum atomic E-state index is 9.95. The van der Waals surface area contributed by atoms with Crippen LogP contribution in [0.3, 0.4) is 0 Å². The predicted molar refractivity (Wildman–Crippen MR) is 70.5 cm³/mol. The van der Waals surface area contributed by atoms with Gasteiger partial charge in [0, 0.05) is 0 Å². The van der Waals surface area contributed by atoms with E-state index in [0.29, 0.717) is 6.54 Å². The van der Waals surface area contributed by atoms with Gasteiger partial charge in [0.1, 0.15) is 0 Å². The molecule has 0 saturated heterocycles. The lowest BCUT2D eigenvalue weighted by molar-refractivity contribution is -0.121. The molecule has 0 saturated carbocycles. The van der Waals surface area contributed by atoms with Gasteiger partial charge >= 0.3 is 0 Å². The molecule has 0 aromatic heterocycles. The molecule has 1 aromatic rings. The van der Waals surface area contributed by atoms with E-state index < -0.39 is 0 Å². The van der Waals surface area contributed by atoms with Crippen molar-refractivity contribution in [1.29, 1.82) is 0 Å². The van der Waals surface area contributed by atoms with Crippen molar-refractivity contribution in [3.05, 3.63) is 35.9 Å². The quantitative estimate of drug-likeness (QED) is 0.441. The molecule has 1 unspecified atom stereocenters. The van der Waals surface area contributed by atoms with Crippen LogP contribution in [0.25, 0.3) is 0 Å². The highest BCUT2D eigenvalue weighted by Crippen LogP contribution is 2.11. The minimum Gasteiger partial charge on any atom is -0.312 e. The van der Waals surface area contributed by atoms with Crippen molar-refractivity contribution >= 4 is 0 Å². The molecular formula is C15H21NO. The van der Waals surface area contributed by atoms with Crippen LogP contribution in [-0.4, -0.2) is 16.3 Å². The molecule has 0 heterocycles. The monoisotopic (exact) mass is 231 g/mol. The van der Waals surface area contributed by atoms with Crippen LogP contribution >= 0.6 is 0 Å². The lowest BCUT2D eigenvalue weighted by Gasteiger charge is -2.21. The highest BCUT2D eigenvalue weighted by Gasteiger charge is 2.13. The van der Waals surface area contributed by atoms with Crippen molar-refractivity contribution in [2.45, 2.75) is 45.2 Å². The fourth-order valence-electron chi connectivity index (χ4n) is 1.79. The van der Waals surface area contributed by atoms with Gasteiger partial charge in [0.05, 0.1) is 12.6 Å². The molecule has 2 heteroatoms. The Morgan fingerprint density at radius 1 is 1.29 bits per heavy atom. The Bertz CT molecular complexity index is 342. The molecule has 1 N–H and O–H groups in total. The van der Waals surface area contributed by atoms with Crippen molar-refractivity contribution in [2.75, 3.05) is 0 Å². The largest absolute Gasteiger partial charge is 0.312 e. The maximum absolute atomic E-state index is 9.95. The maximum Gasteiger partial charge on any atom is 0.0957 e. The first-order valence-corrected chi connectivity index (χ1v) is 6.23. The van der Waals surface area contributed by atoms with Gasteiger partial charge in [-0.15, -0.1) is 6.42 Å². The Morgan fingerprint density at radius 3 is 2.59 bits per heavy atom. The second-order valence-corrected chi connectivity index (χ2v) is 4.26. The number of hydroxylamine groups is 2. The number of unbranched alkanes of at least 4 members (excludes halogenated alkanes) is 2. The van der Waals surface area contributed by atoms with Crippen LogP contribution in [0.1, 0.15) is 38.2 Å². The van der Waals surface area contributed by atoms with E-state index in [2.05, 4.69) is 12.8 Å². The third kappa shape index (κ3) is 5.04. The van der Waals surface area contributed by atoms with E-state index in [9.17, 15) is 5.21 Å². The predicted octanol–water partition coefficient (Wildman–Crippen LogP) is 3.46. The molecule has 0 aliphatic heterocycles. The molecule has 1 atom stereocenters. The van der Waals surface area contributed by atoms with E-state index in [4.69, 9.17) is 6.42 Å². The Morgan fingerprint density at radius 2 is 2.00 bits per heavy atom. The van der Waals surface area contributed by atoms with Crippen LogP contribution in [0.2, 0.25) is 0 Å². The smallest absolute Gasteiger partial charge is 0.0957 e. The summed E-state index contributed by atoms with van der Waals surface area (Å²) in [5.74, 6) is 2.66. The summed E-state index contributed by atoms with van der Waals surface area (Å²) < 4.78 is 0. The average Bonchev–Trinajstić information content (AvgIpc) is 2.36. The molecule has 1 rings (SSSR count). The summed E-state index contributed by atoms with van der Waals surface area (Å²) in [6.07, 6.45) is 9.71. The third-order valence-electron chi connectivity index (χ3n) is 2.82. The Balaban J connectivity index is 2.44. The number of hydrogen-bond acceptors (Lipinski definition) is 2. The van der Waals surface area contributed by atoms with Crippen LogP contribution in [-0.2, 0) is 6.54 Å². The number of hydrogen-bond donors (Lipinski definition) is 1. The van der Waals surface area contributed by atoms with Crippen LogP contribution in [0, 0.1) is 12.3 Å². The van der Waals surface area contributed by atoms with Gasteiger partial charge in [-0.1, -0.05) is 62.4 Å². The van der Waals surface area contributed by atoms with Gasteiger partial charge in [-0.3, -0.25) is 0 Å². The van der Waals surface area contributed by atoms with Gasteiger partial charge in [-0.25, -0.2) is 0 Å². The molecule has 0 aliphatic rings. The Kier molecular flexibility index (Phi) is 6.39. The summed E-state index contributed by atoms with van der Waals surface area (Å²) in [4.78, 5) is 0. The van der Waals surface area contributed by atoms with E-state index in [1.165, 1.54) is 11.5 Å². The highest BCUT2D eigenvalue weighted by molar-refractivity contribution is 5.14. The summed E-state index contributed by atoms with van der Waals surface area (Å²) in [7, 11) is 0. The van der Waals surface area contributed by atoms with Crippen molar-refractivity contribution < 1.29 is 5.21 Å². The van der Waals surface area contributed by atoms with Gasteiger partial charge in [-0.2, -0.15) is 5.06 Å². The van der Waals surface area contributed by atoms with Crippen molar-refractivity contribution in [3.63, 3.8) is 0 Å². The third-order valence-corrected chi connectivity index (χ3v) is 2.82. The summed E-state index contributed by atoms with van der Waals surface area (Å²) in [6, 6.07) is 9.69. The van der Waals surface area contributed by atoms with Crippen LogP contribution in [0.15, 0.2) is 30.3 Å². The standard InChI is InChI=1S/C15H21NO/c1-3-5-7-12-15(4-2)16(17)13-14-10-8-6-9-11-14/h2,6,8-11,15,17H,3,5,7,12-13H2,1H3. The fraction of sp³-hybridized carbons (Fsp3) is 0.467. The number of rotatable bonds is 7. The SMILES string of the molecule is C#CC(CCCCC)N(O)Cc1ccccc1. The number of benzene rings is 1. The molecule has 0 radical (unpaired) electrons. The number of nitrogens with zero attached hydrogens (tertiary/aromatic N) is 1. The average molecular weight is 231 g/mol. The molecule has 2 nitrogen and oxygen atoms in total. The lowest BCUT2D eigenvalue weighted by atomic mass is 10.1. The zero-order chi connectivity index (χ0) is 12.5. The zero-order valence-electron chi connectivity index (χ0n) is 10.5. The van der Waals surface area contributed by atoms with Crippen molar-refractivity contribution in [3.8, 4) is 12.3 Å². The van der Waals surface area contributed by atoms with E-state index in [-0.39, 0.29) is 6.04 Å². The normalized spacial score (nSPS) is 12.4. The summed E-state index contributed by atoms with van der Waals surface area (Å²) in [6.45, 7) is 2.65. The summed E-state index contributed by atoms with van der Waals surface area (Å²) >= 11 is 0. The van der Waals surface area contributed by atoms with Gasteiger partial charge in [0.2, 0.25) is 0 Å². The van der Waals surface area contributed by atoms with E-state index in [1.807, 2.05) is 30.3 Å². The molecule has 0 bridgehead atoms. The zero-order valence-corrected chi connectivity index (χ0v) is 10.5. The molecule has 1 aromatic carbocycles. The fourth-order valence-corrected chi connectivity index (χ4v) is 1.79. The molecule has 92 valence electrons. The number of terminal acetylenes is 1. The second-order valence-electron chi connectivity index (χ2n) is 4.26. The second kappa shape index (κ2) is 7.89. The van der Waals surface area contributed by atoms with E-state index >= 15 is 0 Å². The van der Waals surface area contributed by atoms with Gasteiger partial charge < -0.3 is 5.21 Å². The molecule has 0 amide bonds. The van der Waals surface area contributed by atoms with Crippen LogP contribution in [0.4, 0.5) is 0 Å². The Hall–Kier alpha value is -1.30. The van der Waals surface area contributed by atoms with Gasteiger partial charge in [0.25, 0.3) is 0 Å². The topological polar surface area (TPSA) is 23.5 Å². The van der Waals surface area contributed by atoms with E-state index in [0.717, 1.165) is 24.8 Å². The van der Waals surface area contributed by atoms with Gasteiger partial charge in [0.15, 0.2) is 0 Å². The highest BCUT2D eigenvalue weighted by atomic mass is 16.5. The summed E-state index contributed by atoms with van der Waals surface area (Å²) in [5, 5.41) is 11.2. The molecule has 0 spiro atoms. The van der Waals surface area contributed by atoms with Crippen LogP contribution in [0.5, 0.6) is 0 Å². The minimum absolute atomic E-state index is 0.179. The molecule has 0 aliphatic carbocycles. The Labute approximate surface area is 104 Å². The van der Waals surface area contributed by atoms with Crippen molar-refractivity contribution in [1.82, 2.24) is 5.06 Å². The molecule has 0 fully saturated rings. The van der Waals surface area contributed by atoms with Crippen molar-refractivity contribution in [2.24, 2.45) is 0 Å². The first kappa shape index (κ1) is 13.8. The van der Waals surface area contributed by atoms with Gasteiger partial charge in [-0.05, 0) is 12.0 Å². The first-order chi connectivity index (χ1) is 8.27.